The van der Waals surface area contributed by atoms with Gasteiger partial charge in [-0.2, -0.15) is 0 Å². The van der Waals surface area contributed by atoms with E-state index < -0.39 is 0 Å². The molecular weight excluding hydrogens is 328 g/mol. The minimum Gasteiger partial charge on any atom is -0.337 e. The van der Waals surface area contributed by atoms with E-state index in [-0.39, 0.29) is 17.0 Å². The first-order chi connectivity index (χ1) is 12.6. The van der Waals surface area contributed by atoms with Crippen molar-refractivity contribution >= 4 is 11.6 Å². The number of rotatable bonds is 6. The zero-order valence-electron chi connectivity index (χ0n) is 14.8. The van der Waals surface area contributed by atoms with E-state index in [0.29, 0.717) is 31.7 Å². The molecule has 0 saturated carbocycles. The van der Waals surface area contributed by atoms with Gasteiger partial charge in [-0.3, -0.25) is 14.0 Å². The van der Waals surface area contributed by atoms with E-state index in [4.69, 9.17) is 5.73 Å². The minimum absolute atomic E-state index is 0.0645. The second-order valence-corrected chi connectivity index (χ2v) is 6.23. The number of pyridine rings is 1. The van der Waals surface area contributed by atoms with Gasteiger partial charge in [0.25, 0.3) is 11.5 Å². The minimum atomic E-state index is -0.356. The van der Waals surface area contributed by atoms with Gasteiger partial charge in [0.2, 0.25) is 0 Å². The summed E-state index contributed by atoms with van der Waals surface area (Å²) in [4.78, 5) is 31.5. The van der Waals surface area contributed by atoms with Crippen LogP contribution in [0.3, 0.4) is 0 Å². The molecule has 1 aromatic carbocycles. The molecule has 2 aromatic heterocycles. The second kappa shape index (κ2) is 7.93. The van der Waals surface area contributed by atoms with Gasteiger partial charge >= 0.3 is 0 Å². The Balaban J connectivity index is 1.88. The first-order valence-corrected chi connectivity index (χ1v) is 8.61. The van der Waals surface area contributed by atoms with Crippen LogP contribution < -0.4 is 11.3 Å². The summed E-state index contributed by atoms with van der Waals surface area (Å²) in [6.07, 6.45) is 3.76. The van der Waals surface area contributed by atoms with E-state index in [2.05, 4.69) is 4.98 Å². The molecule has 0 fully saturated rings. The van der Waals surface area contributed by atoms with Crippen LogP contribution in [-0.4, -0.2) is 39.8 Å². The van der Waals surface area contributed by atoms with Gasteiger partial charge in [0.05, 0.1) is 0 Å². The van der Waals surface area contributed by atoms with Gasteiger partial charge in [0.15, 0.2) is 0 Å². The molecular formula is C20H22N4O2. The Hall–Kier alpha value is -2.99. The van der Waals surface area contributed by atoms with E-state index >= 15 is 0 Å². The van der Waals surface area contributed by atoms with Crippen molar-refractivity contribution in [2.24, 2.45) is 5.73 Å². The molecule has 6 nitrogen and oxygen atoms in total. The number of amides is 1. The lowest BCUT2D eigenvalue weighted by Gasteiger charge is -2.22. The Labute approximate surface area is 151 Å². The lowest BCUT2D eigenvalue weighted by molar-refractivity contribution is 0.0759. The zero-order chi connectivity index (χ0) is 18.5. The third kappa shape index (κ3) is 3.81. The van der Waals surface area contributed by atoms with Crippen molar-refractivity contribution in [3.63, 3.8) is 0 Å². The van der Waals surface area contributed by atoms with Crippen molar-refractivity contribution in [3.8, 4) is 0 Å². The van der Waals surface area contributed by atoms with Gasteiger partial charge in [-0.25, -0.2) is 4.98 Å². The fourth-order valence-corrected chi connectivity index (χ4v) is 2.88. The number of aryl methyl sites for hydroxylation is 1. The predicted octanol–water partition coefficient (Wildman–Crippen LogP) is 1.65. The summed E-state index contributed by atoms with van der Waals surface area (Å²) in [6, 6.07) is 13.6. The molecule has 0 aliphatic heterocycles. The van der Waals surface area contributed by atoms with E-state index in [0.717, 1.165) is 11.1 Å². The van der Waals surface area contributed by atoms with Crippen LogP contribution in [0.15, 0.2) is 59.7 Å². The quantitative estimate of drug-likeness (QED) is 0.733. The van der Waals surface area contributed by atoms with Crippen LogP contribution in [0.25, 0.3) is 5.65 Å². The molecule has 134 valence electrons. The van der Waals surface area contributed by atoms with Gasteiger partial charge in [0.1, 0.15) is 11.2 Å². The van der Waals surface area contributed by atoms with Crippen molar-refractivity contribution in [2.45, 2.75) is 13.3 Å². The maximum atomic E-state index is 12.9. The fraction of sp³-hybridized carbons (Fsp3) is 0.250. The molecule has 6 heteroatoms. The number of nitrogens with two attached hydrogens (primary N) is 1. The smallest absolute Gasteiger partial charge is 0.270 e. The normalized spacial score (nSPS) is 10.8. The fourth-order valence-electron chi connectivity index (χ4n) is 2.88. The number of carbonyl (C=O) groups is 1. The molecule has 0 saturated heterocycles. The van der Waals surface area contributed by atoms with Crippen LogP contribution in [0.1, 0.15) is 21.5 Å². The molecule has 0 atom stereocenters. The number of aromatic nitrogens is 2. The number of nitrogens with zero attached hydrogens (tertiary/aromatic N) is 3. The summed E-state index contributed by atoms with van der Waals surface area (Å²) in [6.45, 7) is 3.11. The second-order valence-electron chi connectivity index (χ2n) is 6.23. The van der Waals surface area contributed by atoms with Crippen molar-refractivity contribution in [1.82, 2.24) is 14.3 Å². The van der Waals surface area contributed by atoms with Crippen LogP contribution in [0.4, 0.5) is 0 Å². The summed E-state index contributed by atoms with van der Waals surface area (Å²) in [5.74, 6) is -0.334. The third-order valence-corrected chi connectivity index (χ3v) is 4.28. The van der Waals surface area contributed by atoms with Crippen LogP contribution >= 0.6 is 0 Å². The van der Waals surface area contributed by atoms with Crippen LogP contribution in [0.2, 0.25) is 0 Å². The molecule has 0 spiro atoms. The monoisotopic (exact) mass is 350 g/mol. The molecule has 2 heterocycles. The molecule has 26 heavy (non-hydrogen) atoms. The average Bonchev–Trinajstić information content (AvgIpc) is 2.66. The van der Waals surface area contributed by atoms with E-state index in [1.54, 1.807) is 17.2 Å². The number of benzene rings is 1. The lowest BCUT2D eigenvalue weighted by atomic mass is 10.1. The molecule has 0 unspecified atom stereocenters. The number of hydrogen-bond donors (Lipinski definition) is 1. The molecule has 3 rings (SSSR count). The average molecular weight is 350 g/mol. The molecule has 0 bridgehead atoms. The van der Waals surface area contributed by atoms with Crippen LogP contribution in [0, 0.1) is 6.92 Å². The van der Waals surface area contributed by atoms with Crippen LogP contribution in [0.5, 0.6) is 0 Å². The predicted molar refractivity (Wildman–Crippen MR) is 101 cm³/mol. The lowest BCUT2D eigenvalue weighted by Crippen LogP contribution is -2.40. The van der Waals surface area contributed by atoms with E-state index in [1.165, 1.54) is 10.6 Å². The number of fused-ring (bicyclic) bond motifs is 1. The first kappa shape index (κ1) is 17.8. The summed E-state index contributed by atoms with van der Waals surface area (Å²) < 4.78 is 1.42. The summed E-state index contributed by atoms with van der Waals surface area (Å²) in [7, 11) is 0. The largest absolute Gasteiger partial charge is 0.337 e. The highest BCUT2D eigenvalue weighted by atomic mass is 16.2. The Morgan fingerprint density at radius 2 is 1.92 bits per heavy atom. The topological polar surface area (TPSA) is 80.7 Å². The Morgan fingerprint density at radius 3 is 2.65 bits per heavy atom. The van der Waals surface area contributed by atoms with Crippen LogP contribution in [-0.2, 0) is 6.42 Å². The van der Waals surface area contributed by atoms with Gasteiger partial charge in [-0.15, -0.1) is 0 Å². The number of hydrogen-bond acceptors (Lipinski definition) is 4. The molecule has 3 aromatic rings. The summed E-state index contributed by atoms with van der Waals surface area (Å²) >= 11 is 0. The first-order valence-electron chi connectivity index (χ1n) is 8.61. The number of carbonyl (C=O) groups excluding carboxylic acids is 1. The maximum Gasteiger partial charge on any atom is 0.270 e. The zero-order valence-corrected chi connectivity index (χ0v) is 14.8. The highest BCUT2D eigenvalue weighted by Crippen LogP contribution is 2.06. The van der Waals surface area contributed by atoms with Gasteiger partial charge in [0, 0.05) is 32.0 Å². The third-order valence-electron chi connectivity index (χ3n) is 4.28. The highest BCUT2D eigenvalue weighted by molar-refractivity contribution is 5.93. The van der Waals surface area contributed by atoms with Crippen molar-refractivity contribution in [3.05, 3.63) is 81.9 Å². The van der Waals surface area contributed by atoms with Gasteiger partial charge in [-0.05, 0) is 30.5 Å². The molecule has 0 aliphatic carbocycles. The maximum absolute atomic E-state index is 12.9. The van der Waals surface area contributed by atoms with Gasteiger partial charge in [-0.1, -0.05) is 36.4 Å². The Bertz CT molecular complexity index is 966. The Kier molecular flexibility index (Phi) is 5.43. The molecule has 1 amide bonds. The van der Waals surface area contributed by atoms with E-state index in [9.17, 15) is 9.59 Å². The summed E-state index contributed by atoms with van der Waals surface area (Å²) in [5.41, 5.74) is 7.95. The van der Waals surface area contributed by atoms with Crippen molar-refractivity contribution in [2.75, 3.05) is 19.6 Å². The SMILES string of the molecule is Cc1ccc2ncc(C(=O)N(CCN)CCc3ccccc3)c(=O)n2c1. The molecule has 0 radical (unpaired) electrons. The van der Waals surface area contributed by atoms with Gasteiger partial charge < -0.3 is 10.6 Å². The highest BCUT2D eigenvalue weighted by Gasteiger charge is 2.20. The van der Waals surface area contributed by atoms with Crippen molar-refractivity contribution in [1.29, 1.82) is 0 Å². The summed E-state index contributed by atoms with van der Waals surface area (Å²) in [5, 5.41) is 0. The Morgan fingerprint density at radius 1 is 1.15 bits per heavy atom. The molecule has 2 N–H and O–H groups in total. The molecule has 0 aliphatic rings. The van der Waals surface area contributed by atoms with E-state index in [1.807, 2.05) is 43.3 Å². The standard InChI is InChI=1S/C20H22N4O2/c1-15-7-8-18-22-13-17(20(26)24(18)14-15)19(25)23(12-10-21)11-9-16-5-3-2-4-6-16/h2-8,13-14H,9-12,21H2,1H3. The van der Waals surface area contributed by atoms with Crippen molar-refractivity contribution < 1.29 is 4.79 Å².